The van der Waals surface area contributed by atoms with Crippen LogP contribution in [-0.2, 0) is 14.4 Å². The Morgan fingerprint density at radius 1 is 1.08 bits per heavy atom. The van der Waals surface area contributed by atoms with Gasteiger partial charge in [0.15, 0.2) is 0 Å². The SMILES string of the molecule is CC(=O)N(C)C.CN(C=O)C=O. The second-order valence-corrected chi connectivity index (χ2v) is 2.29. The first-order valence-corrected chi connectivity index (χ1v) is 3.26. The molecule has 5 nitrogen and oxygen atoms in total. The van der Waals surface area contributed by atoms with Gasteiger partial charge in [-0.15, -0.1) is 0 Å². The number of rotatable bonds is 2. The van der Waals surface area contributed by atoms with Crippen molar-refractivity contribution in [1.29, 1.82) is 0 Å². The smallest absolute Gasteiger partial charge is 0.218 e. The van der Waals surface area contributed by atoms with Gasteiger partial charge in [-0.3, -0.25) is 19.3 Å². The molecule has 0 atom stereocenters. The molecule has 0 aliphatic carbocycles. The number of hydrogen-bond acceptors (Lipinski definition) is 3. The summed E-state index contributed by atoms with van der Waals surface area (Å²) in [5.74, 6) is 0.0926. The average molecular weight is 174 g/mol. The molecule has 0 spiro atoms. The van der Waals surface area contributed by atoms with Crippen molar-refractivity contribution in [2.24, 2.45) is 0 Å². The lowest BCUT2D eigenvalue weighted by molar-refractivity contribution is -0.128. The Kier molecular flexibility index (Phi) is 8.50. The average Bonchev–Trinajstić information content (AvgIpc) is 2.04. The zero-order valence-electron chi connectivity index (χ0n) is 7.77. The maximum atomic E-state index is 10.1. The van der Waals surface area contributed by atoms with E-state index in [1.54, 1.807) is 14.1 Å². The van der Waals surface area contributed by atoms with Crippen molar-refractivity contribution in [3.63, 3.8) is 0 Å². The quantitative estimate of drug-likeness (QED) is 0.521. The van der Waals surface area contributed by atoms with E-state index in [0.717, 1.165) is 4.90 Å². The molecule has 0 bridgehead atoms. The second-order valence-electron chi connectivity index (χ2n) is 2.29. The number of amides is 3. The highest BCUT2D eigenvalue weighted by molar-refractivity contribution is 5.72. The van der Waals surface area contributed by atoms with Crippen LogP contribution in [0, 0.1) is 0 Å². The second kappa shape index (κ2) is 7.71. The van der Waals surface area contributed by atoms with E-state index in [1.807, 2.05) is 0 Å². The molecule has 0 fully saturated rings. The fourth-order valence-electron chi connectivity index (χ4n) is 0.0248. The third-order valence-electron chi connectivity index (χ3n) is 0.962. The van der Waals surface area contributed by atoms with Gasteiger partial charge in [0.25, 0.3) is 0 Å². The molecule has 0 radical (unpaired) electrons. The molecule has 5 heteroatoms. The van der Waals surface area contributed by atoms with E-state index in [4.69, 9.17) is 0 Å². The summed E-state index contributed by atoms with van der Waals surface area (Å²) >= 11 is 0. The Labute approximate surface area is 71.9 Å². The van der Waals surface area contributed by atoms with Gasteiger partial charge in [0.2, 0.25) is 18.7 Å². The minimum atomic E-state index is 0.0926. The molecule has 12 heavy (non-hydrogen) atoms. The van der Waals surface area contributed by atoms with Crippen LogP contribution in [0.4, 0.5) is 0 Å². The zero-order valence-corrected chi connectivity index (χ0v) is 7.77. The fourth-order valence-corrected chi connectivity index (χ4v) is 0.0248. The van der Waals surface area contributed by atoms with E-state index < -0.39 is 0 Å². The van der Waals surface area contributed by atoms with Crippen molar-refractivity contribution in [1.82, 2.24) is 9.80 Å². The topological polar surface area (TPSA) is 57.7 Å². The predicted molar refractivity (Wildman–Crippen MR) is 44.3 cm³/mol. The Bertz CT molecular complexity index is 149. The molecule has 0 aromatic carbocycles. The van der Waals surface area contributed by atoms with Crippen molar-refractivity contribution in [3.8, 4) is 0 Å². The van der Waals surface area contributed by atoms with Crippen molar-refractivity contribution >= 4 is 18.7 Å². The van der Waals surface area contributed by atoms with E-state index >= 15 is 0 Å². The normalized spacial score (nSPS) is 7.33. The Balaban J connectivity index is 0. The van der Waals surface area contributed by atoms with Gasteiger partial charge < -0.3 is 4.90 Å². The standard InChI is InChI=1S/C4H9NO.C3H5NO2/c1-4(6)5(2)3;1-4(2-5)3-6/h1-3H3;2-3H,1H3. The lowest BCUT2D eigenvalue weighted by Gasteiger charge is -2.02. The molecule has 3 amide bonds. The maximum Gasteiger partial charge on any atom is 0.218 e. The van der Waals surface area contributed by atoms with Gasteiger partial charge in [0, 0.05) is 28.1 Å². The molecular formula is C7H14N2O3. The number of carbonyl (C=O) groups excluding carboxylic acids is 3. The van der Waals surface area contributed by atoms with Gasteiger partial charge in [-0.05, 0) is 0 Å². The summed E-state index contributed by atoms with van der Waals surface area (Å²) in [5, 5.41) is 0. The molecule has 0 N–H and O–H groups in total. The Hall–Kier alpha value is -1.39. The number of carbonyl (C=O) groups is 3. The molecule has 0 aliphatic heterocycles. The van der Waals surface area contributed by atoms with E-state index in [0.29, 0.717) is 12.8 Å². The Morgan fingerprint density at radius 2 is 1.33 bits per heavy atom. The lowest BCUT2D eigenvalue weighted by Crippen LogP contribution is -2.17. The van der Waals surface area contributed by atoms with Crippen LogP contribution in [0.15, 0.2) is 0 Å². The van der Waals surface area contributed by atoms with Gasteiger partial charge in [0.1, 0.15) is 0 Å². The molecule has 0 aromatic rings. The van der Waals surface area contributed by atoms with E-state index in [9.17, 15) is 14.4 Å². The molecule has 0 aliphatic rings. The first-order chi connectivity index (χ1) is 5.45. The summed E-state index contributed by atoms with van der Waals surface area (Å²) in [6, 6.07) is 0. The molecule has 0 aromatic heterocycles. The van der Waals surface area contributed by atoms with Gasteiger partial charge >= 0.3 is 0 Å². The fraction of sp³-hybridized carbons (Fsp3) is 0.571. The first-order valence-electron chi connectivity index (χ1n) is 3.26. The molecule has 0 rings (SSSR count). The number of imide groups is 1. The van der Waals surface area contributed by atoms with Crippen LogP contribution in [0.25, 0.3) is 0 Å². The van der Waals surface area contributed by atoms with Crippen LogP contribution < -0.4 is 0 Å². The van der Waals surface area contributed by atoms with Gasteiger partial charge in [-0.25, -0.2) is 0 Å². The van der Waals surface area contributed by atoms with Crippen LogP contribution in [0.2, 0.25) is 0 Å². The van der Waals surface area contributed by atoms with Crippen molar-refractivity contribution in [2.45, 2.75) is 6.92 Å². The van der Waals surface area contributed by atoms with Crippen LogP contribution >= 0.6 is 0 Å². The van der Waals surface area contributed by atoms with Crippen molar-refractivity contribution in [2.75, 3.05) is 21.1 Å². The highest BCUT2D eigenvalue weighted by Crippen LogP contribution is 1.69. The first kappa shape index (κ1) is 13.2. The van der Waals surface area contributed by atoms with Crippen LogP contribution in [0.5, 0.6) is 0 Å². The van der Waals surface area contributed by atoms with E-state index in [-0.39, 0.29) is 5.91 Å². The summed E-state index contributed by atoms with van der Waals surface area (Å²) in [5.41, 5.74) is 0. The number of nitrogens with zero attached hydrogens (tertiary/aromatic N) is 2. The maximum absolute atomic E-state index is 10.1. The van der Waals surface area contributed by atoms with Crippen LogP contribution in [0.1, 0.15) is 6.92 Å². The molecule has 0 heterocycles. The molecule has 0 saturated carbocycles. The minimum absolute atomic E-state index is 0.0926. The molecule has 0 saturated heterocycles. The number of hydrogen-bond donors (Lipinski definition) is 0. The summed E-state index contributed by atoms with van der Waals surface area (Å²) in [7, 11) is 4.82. The van der Waals surface area contributed by atoms with Gasteiger partial charge in [-0.2, -0.15) is 0 Å². The molecular weight excluding hydrogens is 160 g/mol. The van der Waals surface area contributed by atoms with Crippen molar-refractivity contribution < 1.29 is 14.4 Å². The Morgan fingerprint density at radius 3 is 1.33 bits per heavy atom. The minimum Gasteiger partial charge on any atom is -0.349 e. The highest BCUT2D eigenvalue weighted by atomic mass is 16.2. The van der Waals surface area contributed by atoms with Crippen molar-refractivity contribution in [3.05, 3.63) is 0 Å². The van der Waals surface area contributed by atoms with Crippen LogP contribution in [-0.4, -0.2) is 49.7 Å². The summed E-state index contributed by atoms with van der Waals surface area (Å²) in [6.07, 6.45) is 0.875. The third-order valence-corrected chi connectivity index (χ3v) is 0.962. The third kappa shape index (κ3) is 11.4. The monoisotopic (exact) mass is 174 g/mol. The predicted octanol–water partition coefficient (Wildman–Crippen LogP) is -0.674. The summed E-state index contributed by atoms with van der Waals surface area (Å²) < 4.78 is 0. The zero-order chi connectivity index (χ0) is 10.1. The lowest BCUT2D eigenvalue weighted by atomic mass is 10.7. The summed E-state index contributed by atoms with van der Waals surface area (Å²) in [4.78, 5) is 31.3. The largest absolute Gasteiger partial charge is 0.349 e. The molecule has 0 unspecified atom stereocenters. The van der Waals surface area contributed by atoms with E-state index in [1.165, 1.54) is 18.9 Å². The van der Waals surface area contributed by atoms with Gasteiger partial charge in [0.05, 0.1) is 0 Å². The van der Waals surface area contributed by atoms with Gasteiger partial charge in [-0.1, -0.05) is 0 Å². The van der Waals surface area contributed by atoms with Crippen LogP contribution in [0.3, 0.4) is 0 Å². The highest BCUT2D eigenvalue weighted by Gasteiger charge is 1.87. The van der Waals surface area contributed by atoms with E-state index in [2.05, 4.69) is 0 Å². The summed E-state index contributed by atoms with van der Waals surface area (Å²) in [6.45, 7) is 1.53. The molecule has 70 valence electrons.